The second kappa shape index (κ2) is 17.5. The summed E-state index contributed by atoms with van der Waals surface area (Å²) in [5, 5.41) is 4.95. The van der Waals surface area contributed by atoms with Gasteiger partial charge in [0.05, 0.1) is 11.4 Å². The molecule has 0 fully saturated rings. The van der Waals surface area contributed by atoms with Gasteiger partial charge in [-0.05, 0) is 137 Å². The minimum Gasteiger partial charge on any atom is -0.309 e. The zero-order valence-corrected chi connectivity index (χ0v) is 39.5. The summed E-state index contributed by atoms with van der Waals surface area (Å²) < 4.78 is 0. The zero-order chi connectivity index (χ0) is 47.3. The van der Waals surface area contributed by atoms with E-state index in [-0.39, 0.29) is 5.41 Å². The molecule has 0 saturated carbocycles. The molecule has 0 aliphatic heterocycles. The van der Waals surface area contributed by atoms with Gasteiger partial charge in [-0.15, -0.1) is 0 Å². The fourth-order valence-corrected chi connectivity index (χ4v) is 11.6. The topological polar surface area (TPSA) is 3.24 Å². The van der Waals surface area contributed by atoms with E-state index >= 15 is 0 Å². The van der Waals surface area contributed by atoms with E-state index in [2.05, 4.69) is 291 Å². The van der Waals surface area contributed by atoms with Crippen molar-refractivity contribution in [3.05, 3.63) is 296 Å². The molecule has 71 heavy (non-hydrogen) atoms. The number of para-hydroxylation sites is 1. The average molecular weight is 904 g/mol. The predicted octanol–water partition coefficient (Wildman–Crippen LogP) is 19.1. The van der Waals surface area contributed by atoms with Gasteiger partial charge >= 0.3 is 0 Å². The van der Waals surface area contributed by atoms with Crippen molar-refractivity contribution >= 4 is 38.6 Å². The van der Waals surface area contributed by atoms with Gasteiger partial charge in [-0.1, -0.05) is 243 Å². The Labute approximate surface area is 416 Å². The zero-order valence-electron chi connectivity index (χ0n) is 39.5. The molecule has 334 valence electrons. The highest BCUT2D eigenvalue weighted by Crippen LogP contribution is 2.55. The van der Waals surface area contributed by atoms with Crippen molar-refractivity contribution in [2.24, 2.45) is 0 Å². The number of rotatable bonds is 9. The summed E-state index contributed by atoms with van der Waals surface area (Å²) in [6.07, 6.45) is 0. The fraction of sp³-hybridized carbons (Fsp3) is 0.0286. The third kappa shape index (κ3) is 7.08. The van der Waals surface area contributed by atoms with Crippen LogP contribution in [0.1, 0.15) is 23.6 Å². The highest BCUT2D eigenvalue weighted by atomic mass is 15.1. The third-order valence-electron chi connectivity index (χ3n) is 14.9. The number of benzene rings is 12. The summed E-state index contributed by atoms with van der Waals surface area (Å²) in [6.45, 7) is 2.39. The molecule has 1 atom stereocenters. The fourth-order valence-electron chi connectivity index (χ4n) is 11.6. The molecule has 0 bridgehead atoms. The molecule has 0 radical (unpaired) electrons. The molecule has 0 spiro atoms. The molecule has 1 aliphatic carbocycles. The second-order valence-corrected chi connectivity index (χ2v) is 18.9. The van der Waals surface area contributed by atoms with Crippen LogP contribution in [-0.4, -0.2) is 0 Å². The van der Waals surface area contributed by atoms with Gasteiger partial charge in [0.2, 0.25) is 0 Å². The molecular formula is C70H49N. The van der Waals surface area contributed by atoms with Crippen LogP contribution in [0, 0.1) is 0 Å². The van der Waals surface area contributed by atoms with E-state index in [1.165, 1.54) is 82.7 Å². The van der Waals surface area contributed by atoms with Crippen LogP contribution < -0.4 is 4.90 Å². The molecule has 12 aromatic rings. The molecule has 0 aromatic heterocycles. The van der Waals surface area contributed by atoms with Crippen LogP contribution in [0.25, 0.3) is 88.3 Å². The average Bonchev–Trinajstić information content (AvgIpc) is 3.71. The quantitative estimate of drug-likeness (QED) is 0.130. The van der Waals surface area contributed by atoms with Gasteiger partial charge < -0.3 is 4.90 Å². The Morgan fingerprint density at radius 3 is 1.45 bits per heavy atom. The largest absolute Gasteiger partial charge is 0.309 e. The molecule has 12 aromatic carbocycles. The molecule has 0 N–H and O–H groups in total. The normalized spacial score (nSPS) is 13.8. The molecule has 0 amide bonds. The third-order valence-corrected chi connectivity index (χ3v) is 14.9. The Bertz CT molecular complexity index is 3920. The van der Waals surface area contributed by atoms with Crippen LogP contribution >= 0.6 is 0 Å². The maximum atomic E-state index is 2.52. The maximum Gasteiger partial charge on any atom is 0.0540 e. The first-order valence-corrected chi connectivity index (χ1v) is 24.7. The van der Waals surface area contributed by atoms with E-state index in [9.17, 15) is 0 Å². The Hall–Kier alpha value is -9.04. The van der Waals surface area contributed by atoms with Crippen molar-refractivity contribution < 1.29 is 0 Å². The summed E-state index contributed by atoms with van der Waals surface area (Å²) in [5.74, 6) is 0. The van der Waals surface area contributed by atoms with Gasteiger partial charge in [0, 0.05) is 22.2 Å². The van der Waals surface area contributed by atoms with Crippen LogP contribution in [0.2, 0.25) is 0 Å². The summed E-state index contributed by atoms with van der Waals surface area (Å²) in [7, 11) is 0. The number of fused-ring (bicyclic) bond motifs is 6. The lowest BCUT2D eigenvalue weighted by Gasteiger charge is -2.32. The molecule has 1 unspecified atom stereocenters. The number of hydrogen-bond donors (Lipinski definition) is 0. The van der Waals surface area contributed by atoms with Gasteiger partial charge in [0.25, 0.3) is 0 Å². The molecule has 1 aliphatic rings. The van der Waals surface area contributed by atoms with Crippen molar-refractivity contribution in [2.45, 2.75) is 12.3 Å². The van der Waals surface area contributed by atoms with Crippen molar-refractivity contribution in [1.29, 1.82) is 0 Å². The Kier molecular flexibility index (Phi) is 10.4. The minimum absolute atomic E-state index is 0.314. The summed E-state index contributed by atoms with van der Waals surface area (Å²) in [5.41, 5.74) is 21.3. The van der Waals surface area contributed by atoms with Crippen molar-refractivity contribution in [2.75, 3.05) is 4.90 Å². The Morgan fingerprint density at radius 1 is 0.268 bits per heavy atom. The standard InChI is InChI=1S/C70H49N/c1-70(54-31-15-6-16-32-54)64-37-21-19-35-59(64)62-47-55(41-43-65(62)70)71(67-44-40-52(48-23-7-2-8-24-48)45-61(67)49-25-9-3-10-26-49)66-38-22-20-33-56(66)53-39-42-58-57-34-17-18-36-60(57)68(50-27-11-4-12-28-50)69(63(58)46-53)51-29-13-5-14-30-51/h2-47H,1H3. The molecule has 0 saturated heterocycles. The predicted molar refractivity (Wildman–Crippen MR) is 301 cm³/mol. The first-order valence-electron chi connectivity index (χ1n) is 24.7. The Balaban J connectivity index is 1.09. The second-order valence-electron chi connectivity index (χ2n) is 18.9. The molecule has 1 nitrogen and oxygen atoms in total. The number of anilines is 3. The van der Waals surface area contributed by atoms with E-state index in [0.29, 0.717) is 0 Å². The van der Waals surface area contributed by atoms with Gasteiger partial charge in [0.15, 0.2) is 0 Å². The van der Waals surface area contributed by atoms with Crippen molar-refractivity contribution in [3.63, 3.8) is 0 Å². The van der Waals surface area contributed by atoms with Crippen LogP contribution in [0.5, 0.6) is 0 Å². The molecular weight excluding hydrogens is 855 g/mol. The van der Waals surface area contributed by atoms with E-state index in [4.69, 9.17) is 0 Å². The van der Waals surface area contributed by atoms with E-state index in [0.717, 1.165) is 39.3 Å². The van der Waals surface area contributed by atoms with Crippen molar-refractivity contribution in [3.8, 4) is 66.8 Å². The lowest BCUT2D eigenvalue weighted by atomic mass is 9.74. The van der Waals surface area contributed by atoms with Crippen LogP contribution in [0.15, 0.2) is 279 Å². The monoisotopic (exact) mass is 903 g/mol. The van der Waals surface area contributed by atoms with Crippen molar-refractivity contribution in [1.82, 2.24) is 0 Å². The lowest BCUT2D eigenvalue weighted by Crippen LogP contribution is -2.22. The van der Waals surface area contributed by atoms with Crippen LogP contribution in [0.4, 0.5) is 17.1 Å². The van der Waals surface area contributed by atoms with E-state index < -0.39 is 0 Å². The summed E-state index contributed by atoms with van der Waals surface area (Å²) >= 11 is 0. The van der Waals surface area contributed by atoms with E-state index in [1.807, 2.05) is 0 Å². The highest BCUT2D eigenvalue weighted by molar-refractivity contribution is 6.22. The van der Waals surface area contributed by atoms with E-state index in [1.54, 1.807) is 0 Å². The molecule has 0 heterocycles. The van der Waals surface area contributed by atoms with Gasteiger partial charge in [-0.25, -0.2) is 0 Å². The number of hydrogen-bond acceptors (Lipinski definition) is 1. The maximum absolute atomic E-state index is 2.52. The highest BCUT2D eigenvalue weighted by Gasteiger charge is 2.41. The first-order chi connectivity index (χ1) is 35.1. The smallest absolute Gasteiger partial charge is 0.0540 e. The first kappa shape index (κ1) is 42.1. The SMILES string of the molecule is CC1(c2ccccc2)c2ccccc2-c2cc(N(c3ccccc3-c3ccc4c(c3)c(-c3ccccc3)c(-c3ccccc3)c3ccccc34)c3ccc(-c4ccccc4)cc3-c3ccccc3)ccc21. The van der Waals surface area contributed by atoms with Crippen LogP contribution in [0.3, 0.4) is 0 Å². The molecule has 1 heteroatoms. The Morgan fingerprint density at radius 2 is 0.761 bits per heavy atom. The molecule has 13 rings (SSSR count). The van der Waals surface area contributed by atoms with Gasteiger partial charge in [-0.3, -0.25) is 0 Å². The van der Waals surface area contributed by atoms with Gasteiger partial charge in [-0.2, -0.15) is 0 Å². The number of nitrogens with zero attached hydrogens (tertiary/aromatic N) is 1. The van der Waals surface area contributed by atoms with Gasteiger partial charge in [0.1, 0.15) is 0 Å². The minimum atomic E-state index is -0.314. The summed E-state index contributed by atoms with van der Waals surface area (Å²) in [6, 6.07) is 103. The lowest BCUT2D eigenvalue weighted by molar-refractivity contribution is 0.714. The summed E-state index contributed by atoms with van der Waals surface area (Å²) in [4.78, 5) is 2.52. The van der Waals surface area contributed by atoms with Crippen LogP contribution in [-0.2, 0) is 5.41 Å².